The fourth-order valence-electron chi connectivity index (χ4n) is 2.91. The normalized spacial score (nSPS) is 26.6. The van der Waals surface area contributed by atoms with E-state index in [2.05, 4.69) is 9.97 Å². The van der Waals surface area contributed by atoms with Gasteiger partial charge in [0.05, 0.1) is 19.8 Å². The van der Waals surface area contributed by atoms with Crippen LogP contribution >= 0.6 is 0 Å². The number of ether oxygens (including phenoxy) is 2. The minimum Gasteiger partial charge on any atom is -0.394 e. The molecule has 3 heterocycles. The molecule has 2 aromatic heterocycles. The molecule has 1 saturated heterocycles. The maximum absolute atomic E-state index is 12.8. The van der Waals surface area contributed by atoms with E-state index in [4.69, 9.17) is 15.2 Å². The number of fused-ring (bicyclic) bond motifs is 1. The molecule has 0 radical (unpaired) electrons. The molecule has 4 atom stereocenters. The SMILES string of the molecule is COCCn1c(=O)n([C@@H]2O[C@H](CO)[C@H](O)[C@H]2O)c2nc(N)[nH]c(=O)c21. The first-order valence-electron chi connectivity index (χ1n) is 7.52. The number of H-pyrrole nitrogens is 1. The van der Waals surface area contributed by atoms with Gasteiger partial charge in [0.2, 0.25) is 5.95 Å². The summed E-state index contributed by atoms with van der Waals surface area (Å²) < 4.78 is 12.4. The first kappa shape index (κ1) is 17.6. The van der Waals surface area contributed by atoms with Crippen molar-refractivity contribution in [1.29, 1.82) is 0 Å². The molecule has 0 aliphatic carbocycles. The number of nitrogens with two attached hydrogens (primary N) is 1. The largest absolute Gasteiger partial charge is 0.394 e. The number of nitrogens with one attached hydrogen (secondary N) is 1. The highest BCUT2D eigenvalue weighted by molar-refractivity contribution is 5.71. The zero-order chi connectivity index (χ0) is 18.3. The maximum Gasteiger partial charge on any atom is 0.332 e. The standard InChI is InChI=1S/C13H19N5O7/c1-24-3-2-17-6-9(15-12(14)16-10(6)22)18(13(17)23)11-8(21)7(20)5(4-19)25-11/h5,7-8,11,19-21H,2-4H2,1H3,(H3,14,15,16,22)/t5-,7+,8-,11-/m1/s1. The summed E-state index contributed by atoms with van der Waals surface area (Å²) in [4.78, 5) is 31.3. The van der Waals surface area contributed by atoms with Crippen LogP contribution in [0.2, 0.25) is 0 Å². The van der Waals surface area contributed by atoms with E-state index in [-0.39, 0.29) is 30.3 Å². The Hall–Kier alpha value is -2.25. The Bertz CT molecular complexity index is 887. The van der Waals surface area contributed by atoms with Gasteiger partial charge < -0.3 is 30.5 Å². The molecule has 6 N–H and O–H groups in total. The third kappa shape index (κ3) is 2.73. The van der Waals surface area contributed by atoms with Gasteiger partial charge in [0.1, 0.15) is 18.3 Å². The summed E-state index contributed by atoms with van der Waals surface area (Å²) >= 11 is 0. The molecule has 12 heteroatoms. The number of hydrogen-bond donors (Lipinski definition) is 5. The van der Waals surface area contributed by atoms with Crippen molar-refractivity contribution in [2.45, 2.75) is 31.1 Å². The second-order valence-electron chi connectivity index (χ2n) is 5.65. The van der Waals surface area contributed by atoms with Crippen molar-refractivity contribution in [2.75, 3.05) is 26.1 Å². The lowest BCUT2D eigenvalue weighted by Crippen LogP contribution is -2.36. The zero-order valence-electron chi connectivity index (χ0n) is 13.3. The van der Waals surface area contributed by atoms with Crippen molar-refractivity contribution >= 4 is 17.1 Å². The van der Waals surface area contributed by atoms with E-state index in [1.807, 2.05) is 0 Å². The van der Waals surface area contributed by atoms with Gasteiger partial charge in [-0.25, -0.2) is 9.36 Å². The molecule has 1 fully saturated rings. The first-order valence-corrected chi connectivity index (χ1v) is 7.52. The number of hydrogen-bond acceptors (Lipinski definition) is 9. The van der Waals surface area contributed by atoms with Crippen LogP contribution in [0.25, 0.3) is 11.2 Å². The Kier molecular flexibility index (Phi) is 4.62. The summed E-state index contributed by atoms with van der Waals surface area (Å²) in [6.07, 6.45) is -5.32. The second kappa shape index (κ2) is 6.57. The van der Waals surface area contributed by atoms with Gasteiger partial charge in [-0.15, -0.1) is 0 Å². The Morgan fingerprint density at radius 3 is 2.68 bits per heavy atom. The van der Waals surface area contributed by atoms with Crippen LogP contribution < -0.4 is 17.0 Å². The van der Waals surface area contributed by atoms with E-state index in [0.717, 1.165) is 9.13 Å². The van der Waals surface area contributed by atoms with Gasteiger partial charge in [0, 0.05) is 7.11 Å². The van der Waals surface area contributed by atoms with Crippen LogP contribution in [0.4, 0.5) is 5.95 Å². The summed E-state index contributed by atoms with van der Waals surface area (Å²) in [6.45, 7) is -0.344. The maximum atomic E-state index is 12.8. The van der Waals surface area contributed by atoms with E-state index in [9.17, 15) is 24.9 Å². The molecule has 1 aliphatic rings. The van der Waals surface area contributed by atoms with Crippen molar-refractivity contribution < 1.29 is 24.8 Å². The molecule has 0 spiro atoms. The number of aliphatic hydroxyl groups is 3. The highest BCUT2D eigenvalue weighted by atomic mass is 16.6. The van der Waals surface area contributed by atoms with Gasteiger partial charge in [-0.1, -0.05) is 0 Å². The van der Waals surface area contributed by atoms with Crippen LogP contribution in [-0.4, -0.2) is 73.1 Å². The number of methoxy groups -OCH3 is 1. The predicted molar refractivity (Wildman–Crippen MR) is 83.9 cm³/mol. The molecule has 0 bridgehead atoms. The van der Waals surface area contributed by atoms with E-state index in [1.165, 1.54) is 7.11 Å². The molecular formula is C13H19N5O7. The fraction of sp³-hybridized carbons (Fsp3) is 0.615. The smallest absolute Gasteiger partial charge is 0.332 e. The lowest BCUT2D eigenvalue weighted by Gasteiger charge is -2.15. The van der Waals surface area contributed by atoms with E-state index in [1.54, 1.807) is 0 Å². The molecule has 3 rings (SSSR count). The summed E-state index contributed by atoms with van der Waals surface area (Å²) in [5.41, 5.74) is 4.07. The number of nitrogen functional groups attached to an aromatic ring is 1. The molecule has 0 aromatic carbocycles. The third-order valence-electron chi connectivity index (χ3n) is 4.12. The van der Waals surface area contributed by atoms with Crippen molar-refractivity contribution in [1.82, 2.24) is 19.1 Å². The summed E-state index contributed by atoms with van der Waals surface area (Å²) in [7, 11) is 1.44. The number of imidazole rings is 1. The van der Waals surface area contributed by atoms with Crippen LogP contribution in [0.3, 0.4) is 0 Å². The summed E-state index contributed by atoms with van der Waals surface area (Å²) in [5.74, 6) is -0.220. The average Bonchev–Trinajstić information content (AvgIpc) is 3.00. The number of aliphatic hydroxyl groups excluding tert-OH is 3. The molecule has 1 aliphatic heterocycles. The van der Waals surface area contributed by atoms with Gasteiger partial charge >= 0.3 is 5.69 Å². The fourth-order valence-corrected chi connectivity index (χ4v) is 2.91. The number of aromatic amines is 1. The quantitative estimate of drug-likeness (QED) is 0.367. The number of nitrogens with zero attached hydrogens (tertiary/aromatic N) is 3. The Labute approximate surface area is 140 Å². The topological polar surface area (TPSA) is 178 Å². The van der Waals surface area contributed by atoms with Crippen LogP contribution in [-0.2, 0) is 16.0 Å². The van der Waals surface area contributed by atoms with Crippen LogP contribution in [0, 0.1) is 0 Å². The Morgan fingerprint density at radius 2 is 2.08 bits per heavy atom. The number of anilines is 1. The first-order chi connectivity index (χ1) is 11.9. The van der Waals surface area contributed by atoms with Crippen molar-refractivity contribution in [2.24, 2.45) is 0 Å². The molecule has 138 valence electrons. The van der Waals surface area contributed by atoms with Gasteiger partial charge in [-0.3, -0.25) is 14.3 Å². The lowest BCUT2D eigenvalue weighted by molar-refractivity contribution is -0.0528. The van der Waals surface area contributed by atoms with E-state index < -0.39 is 42.4 Å². The second-order valence-corrected chi connectivity index (χ2v) is 5.65. The van der Waals surface area contributed by atoms with Crippen molar-refractivity contribution in [3.8, 4) is 0 Å². The van der Waals surface area contributed by atoms with Crippen molar-refractivity contribution in [3.63, 3.8) is 0 Å². The van der Waals surface area contributed by atoms with E-state index in [0.29, 0.717) is 0 Å². The Balaban J connectivity index is 2.23. The highest BCUT2D eigenvalue weighted by Crippen LogP contribution is 2.30. The molecule has 12 nitrogen and oxygen atoms in total. The van der Waals surface area contributed by atoms with Gasteiger partial charge in [-0.2, -0.15) is 4.98 Å². The number of aromatic nitrogens is 4. The molecular weight excluding hydrogens is 338 g/mol. The van der Waals surface area contributed by atoms with Gasteiger partial charge in [-0.05, 0) is 0 Å². The van der Waals surface area contributed by atoms with Gasteiger partial charge in [0.25, 0.3) is 5.56 Å². The molecule has 2 aromatic rings. The monoisotopic (exact) mass is 357 g/mol. The van der Waals surface area contributed by atoms with Crippen molar-refractivity contribution in [3.05, 3.63) is 20.8 Å². The van der Waals surface area contributed by atoms with Gasteiger partial charge in [0.15, 0.2) is 17.4 Å². The third-order valence-corrected chi connectivity index (χ3v) is 4.12. The minimum atomic E-state index is -1.50. The zero-order valence-corrected chi connectivity index (χ0v) is 13.3. The highest BCUT2D eigenvalue weighted by Gasteiger charge is 2.45. The predicted octanol–water partition coefficient (Wildman–Crippen LogP) is -3.27. The molecule has 0 saturated carbocycles. The lowest BCUT2D eigenvalue weighted by atomic mass is 10.1. The number of rotatable bonds is 5. The summed E-state index contributed by atoms with van der Waals surface area (Å²) in [5, 5.41) is 29.3. The average molecular weight is 357 g/mol. The minimum absolute atomic E-state index is 0.0578. The Morgan fingerprint density at radius 1 is 1.36 bits per heavy atom. The van der Waals surface area contributed by atoms with Crippen LogP contribution in [0.15, 0.2) is 9.59 Å². The molecule has 0 amide bonds. The summed E-state index contributed by atoms with van der Waals surface area (Å²) in [6, 6.07) is 0. The van der Waals surface area contributed by atoms with Crippen LogP contribution in [0.1, 0.15) is 6.23 Å². The van der Waals surface area contributed by atoms with E-state index >= 15 is 0 Å². The molecule has 25 heavy (non-hydrogen) atoms. The van der Waals surface area contributed by atoms with Crippen LogP contribution in [0.5, 0.6) is 0 Å². The molecule has 0 unspecified atom stereocenters.